The quantitative estimate of drug-likeness (QED) is 0.709. The minimum absolute atomic E-state index is 0.230. The molecule has 0 aliphatic carbocycles. The van der Waals surface area contributed by atoms with Crippen molar-refractivity contribution in [1.82, 2.24) is 9.47 Å². The summed E-state index contributed by atoms with van der Waals surface area (Å²) in [6, 6.07) is 14.9. The third-order valence-electron chi connectivity index (χ3n) is 4.22. The Hall–Kier alpha value is -1.58. The lowest BCUT2D eigenvalue weighted by Crippen LogP contribution is -2.35. The predicted octanol–water partition coefficient (Wildman–Crippen LogP) is 4.16. The summed E-state index contributed by atoms with van der Waals surface area (Å²) in [6.07, 6.45) is 3.82. The lowest BCUT2D eigenvalue weighted by atomic mass is 10.1. The maximum absolute atomic E-state index is 10.2. The van der Waals surface area contributed by atoms with Crippen LogP contribution in [0.1, 0.15) is 44.9 Å². The normalized spacial score (nSPS) is 12.9. The van der Waals surface area contributed by atoms with Crippen molar-refractivity contribution in [2.75, 3.05) is 13.1 Å². The van der Waals surface area contributed by atoms with Crippen LogP contribution in [0, 0.1) is 5.92 Å². The van der Waals surface area contributed by atoms with E-state index in [4.69, 9.17) is 0 Å². The maximum Gasteiger partial charge on any atom is 0.0667 e. The summed E-state index contributed by atoms with van der Waals surface area (Å²) in [5.41, 5.74) is 2.62. The Kier molecular flexibility index (Phi) is 7.54. The van der Waals surface area contributed by atoms with Gasteiger partial charge in [0.15, 0.2) is 0 Å². The molecule has 0 amide bonds. The zero-order chi connectivity index (χ0) is 17.4. The lowest BCUT2D eigenvalue weighted by molar-refractivity contribution is 0.0932. The van der Waals surface area contributed by atoms with Crippen LogP contribution < -0.4 is 0 Å². The highest BCUT2D eigenvalue weighted by Gasteiger charge is 2.15. The molecule has 0 fully saturated rings. The molecule has 2 rings (SSSR count). The third-order valence-corrected chi connectivity index (χ3v) is 4.22. The summed E-state index contributed by atoms with van der Waals surface area (Å²) in [6.45, 7) is 10.2. The van der Waals surface area contributed by atoms with E-state index in [-0.39, 0.29) is 6.10 Å². The Morgan fingerprint density at radius 1 is 1.04 bits per heavy atom. The predicted molar refractivity (Wildman–Crippen MR) is 101 cm³/mol. The standard InChI is InChI=1S/C21H32N2O/c1-4-9-21(24)17-22(14-18(2)3)16-20-12-8-13-23(20)15-19-10-6-5-7-11-19/h5-8,10-13,18,21,24H,4,9,14-17H2,1-3H3/t21-/m0/s1. The molecule has 3 nitrogen and oxygen atoms in total. The van der Waals surface area contributed by atoms with Gasteiger partial charge in [0.05, 0.1) is 6.10 Å². The Morgan fingerprint density at radius 3 is 2.46 bits per heavy atom. The van der Waals surface area contributed by atoms with Crippen molar-refractivity contribution in [1.29, 1.82) is 0 Å². The van der Waals surface area contributed by atoms with Gasteiger partial charge in [0, 0.05) is 38.1 Å². The SMILES string of the molecule is CCC[C@H](O)CN(Cc1cccn1Cc1ccccc1)CC(C)C. The lowest BCUT2D eigenvalue weighted by Gasteiger charge is -2.27. The molecule has 1 aromatic carbocycles. The van der Waals surface area contributed by atoms with Crippen molar-refractivity contribution >= 4 is 0 Å². The van der Waals surface area contributed by atoms with Crippen molar-refractivity contribution in [3.05, 3.63) is 59.9 Å². The van der Waals surface area contributed by atoms with E-state index >= 15 is 0 Å². The monoisotopic (exact) mass is 328 g/mol. The number of aliphatic hydroxyl groups is 1. The zero-order valence-electron chi connectivity index (χ0n) is 15.4. The number of rotatable bonds is 10. The third kappa shape index (κ3) is 6.14. The number of hydrogen-bond acceptors (Lipinski definition) is 2. The second-order valence-electron chi connectivity index (χ2n) is 7.14. The van der Waals surface area contributed by atoms with Gasteiger partial charge in [0.1, 0.15) is 0 Å². The molecule has 0 spiro atoms. The van der Waals surface area contributed by atoms with Gasteiger partial charge in [-0.3, -0.25) is 4.90 Å². The molecule has 0 unspecified atom stereocenters. The first kappa shape index (κ1) is 18.8. The molecule has 132 valence electrons. The number of hydrogen-bond donors (Lipinski definition) is 1. The largest absolute Gasteiger partial charge is 0.392 e. The number of benzene rings is 1. The fraction of sp³-hybridized carbons (Fsp3) is 0.524. The molecule has 0 bridgehead atoms. The molecule has 0 aliphatic rings. The Morgan fingerprint density at radius 2 is 1.79 bits per heavy atom. The molecule has 0 aliphatic heterocycles. The molecule has 0 radical (unpaired) electrons. The Labute approximate surface area is 146 Å². The fourth-order valence-electron chi connectivity index (χ4n) is 3.20. The van der Waals surface area contributed by atoms with Gasteiger partial charge < -0.3 is 9.67 Å². The summed E-state index contributed by atoms with van der Waals surface area (Å²) in [7, 11) is 0. The summed E-state index contributed by atoms with van der Waals surface area (Å²) in [5.74, 6) is 0.594. The van der Waals surface area contributed by atoms with E-state index < -0.39 is 0 Å². The van der Waals surface area contributed by atoms with Crippen LogP contribution in [0.4, 0.5) is 0 Å². The van der Waals surface area contributed by atoms with Crippen LogP contribution in [0.2, 0.25) is 0 Å². The molecule has 3 heteroatoms. The van der Waals surface area contributed by atoms with Crippen molar-refractivity contribution in [3.8, 4) is 0 Å². The molecule has 1 N–H and O–H groups in total. The topological polar surface area (TPSA) is 28.4 Å². The van der Waals surface area contributed by atoms with Crippen LogP contribution in [0.3, 0.4) is 0 Å². The molecule has 0 saturated carbocycles. The van der Waals surface area contributed by atoms with Gasteiger partial charge in [-0.1, -0.05) is 57.5 Å². The maximum atomic E-state index is 10.2. The van der Waals surface area contributed by atoms with Crippen LogP contribution in [0.15, 0.2) is 48.7 Å². The molecular formula is C21H32N2O. The molecule has 24 heavy (non-hydrogen) atoms. The second-order valence-corrected chi connectivity index (χ2v) is 7.14. The number of nitrogens with zero attached hydrogens (tertiary/aromatic N) is 2. The first-order valence-corrected chi connectivity index (χ1v) is 9.16. The first-order valence-electron chi connectivity index (χ1n) is 9.16. The van der Waals surface area contributed by atoms with Crippen LogP contribution in [-0.4, -0.2) is 33.8 Å². The molecule has 0 saturated heterocycles. The minimum atomic E-state index is -0.230. The fourth-order valence-corrected chi connectivity index (χ4v) is 3.20. The molecular weight excluding hydrogens is 296 g/mol. The van der Waals surface area contributed by atoms with Gasteiger partial charge in [-0.25, -0.2) is 0 Å². The summed E-state index contributed by atoms with van der Waals surface area (Å²) >= 11 is 0. The second kappa shape index (κ2) is 9.65. The van der Waals surface area contributed by atoms with Crippen LogP contribution in [-0.2, 0) is 13.1 Å². The number of aromatic nitrogens is 1. The van der Waals surface area contributed by atoms with Gasteiger partial charge in [0.25, 0.3) is 0 Å². The van der Waals surface area contributed by atoms with E-state index in [1.165, 1.54) is 11.3 Å². The average Bonchev–Trinajstić information content (AvgIpc) is 2.94. The summed E-state index contributed by atoms with van der Waals surface area (Å²) < 4.78 is 2.31. The van der Waals surface area contributed by atoms with Crippen LogP contribution in [0.5, 0.6) is 0 Å². The van der Waals surface area contributed by atoms with E-state index in [1.54, 1.807) is 0 Å². The van der Waals surface area contributed by atoms with E-state index in [9.17, 15) is 5.11 Å². The van der Waals surface area contributed by atoms with Crippen LogP contribution >= 0.6 is 0 Å². The molecule has 1 heterocycles. The van der Waals surface area contributed by atoms with E-state index in [1.807, 2.05) is 0 Å². The average molecular weight is 329 g/mol. The van der Waals surface area contributed by atoms with Crippen molar-refractivity contribution in [2.45, 2.75) is 52.8 Å². The summed E-state index contributed by atoms with van der Waals surface area (Å²) in [5, 5.41) is 10.2. The highest BCUT2D eigenvalue weighted by molar-refractivity contribution is 5.17. The number of aliphatic hydroxyl groups excluding tert-OH is 1. The van der Waals surface area contributed by atoms with Gasteiger partial charge in [-0.2, -0.15) is 0 Å². The van der Waals surface area contributed by atoms with E-state index in [2.05, 4.69) is 78.9 Å². The van der Waals surface area contributed by atoms with Crippen molar-refractivity contribution in [2.24, 2.45) is 5.92 Å². The Balaban J connectivity index is 2.04. The van der Waals surface area contributed by atoms with Crippen molar-refractivity contribution < 1.29 is 5.11 Å². The van der Waals surface area contributed by atoms with Gasteiger partial charge in [-0.15, -0.1) is 0 Å². The first-order chi connectivity index (χ1) is 11.6. The van der Waals surface area contributed by atoms with Gasteiger partial charge in [0.2, 0.25) is 0 Å². The van der Waals surface area contributed by atoms with Gasteiger partial charge in [-0.05, 0) is 30.0 Å². The minimum Gasteiger partial charge on any atom is -0.392 e. The molecule has 1 atom stereocenters. The smallest absolute Gasteiger partial charge is 0.0667 e. The molecule has 1 aromatic heterocycles. The Bertz CT molecular complexity index is 577. The highest BCUT2D eigenvalue weighted by atomic mass is 16.3. The van der Waals surface area contributed by atoms with E-state index in [0.717, 1.165) is 39.0 Å². The summed E-state index contributed by atoms with van der Waals surface area (Å²) in [4.78, 5) is 2.39. The van der Waals surface area contributed by atoms with Crippen LogP contribution in [0.25, 0.3) is 0 Å². The van der Waals surface area contributed by atoms with Crippen molar-refractivity contribution in [3.63, 3.8) is 0 Å². The molecule has 2 aromatic rings. The van der Waals surface area contributed by atoms with Gasteiger partial charge >= 0.3 is 0 Å². The van der Waals surface area contributed by atoms with E-state index in [0.29, 0.717) is 5.92 Å². The highest BCUT2D eigenvalue weighted by Crippen LogP contribution is 2.13. The zero-order valence-corrected chi connectivity index (χ0v) is 15.4.